The maximum absolute atomic E-state index is 12.6. The smallest absolute Gasteiger partial charge is 0.251 e. The number of unbranched alkanes of at least 4 members (excludes halogenated alkanes) is 1. The minimum absolute atomic E-state index is 0.0146. The predicted molar refractivity (Wildman–Crippen MR) is 100.0 cm³/mol. The molecule has 3 rings (SSSR count). The number of amides is 1. The van der Waals surface area contributed by atoms with Crippen LogP contribution < -0.4 is 5.32 Å². The van der Waals surface area contributed by atoms with Crippen molar-refractivity contribution in [2.45, 2.75) is 45.1 Å². The Bertz CT molecular complexity index is 715. The van der Waals surface area contributed by atoms with Crippen LogP contribution in [-0.4, -0.2) is 5.91 Å². The van der Waals surface area contributed by atoms with Crippen molar-refractivity contribution in [3.8, 4) is 0 Å². The fourth-order valence-electron chi connectivity index (χ4n) is 3.28. The highest BCUT2D eigenvalue weighted by Crippen LogP contribution is 2.29. The second kappa shape index (κ2) is 7.96. The molecule has 24 heavy (non-hydrogen) atoms. The van der Waals surface area contributed by atoms with E-state index in [-0.39, 0.29) is 11.9 Å². The van der Waals surface area contributed by atoms with E-state index in [2.05, 4.69) is 48.7 Å². The van der Waals surface area contributed by atoms with Crippen LogP contribution in [0.15, 0.2) is 54.6 Å². The molecule has 1 N–H and O–H groups in total. The normalized spacial score (nSPS) is 16.8. The van der Waals surface area contributed by atoms with Crippen LogP contribution in [0.25, 0.3) is 6.08 Å². The number of fused-ring (bicyclic) bond motifs is 1. The summed E-state index contributed by atoms with van der Waals surface area (Å²) in [4.78, 5) is 12.6. The van der Waals surface area contributed by atoms with Crippen molar-refractivity contribution in [1.82, 2.24) is 5.32 Å². The molecule has 1 aliphatic rings. The molecule has 1 atom stereocenters. The highest BCUT2D eigenvalue weighted by molar-refractivity contribution is 5.94. The zero-order chi connectivity index (χ0) is 16.8. The van der Waals surface area contributed by atoms with Gasteiger partial charge in [-0.2, -0.15) is 0 Å². The van der Waals surface area contributed by atoms with Crippen LogP contribution in [0.1, 0.15) is 65.7 Å². The first kappa shape index (κ1) is 16.5. The molecule has 0 radical (unpaired) electrons. The third-order valence-electron chi connectivity index (χ3n) is 4.61. The number of allylic oxidation sites excluding steroid dienone is 1. The lowest BCUT2D eigenvalue weighted by atomic mass is 9.87. The Balaban J connectivity index is 1.67. The van der Waals surface area contributed by atoms with E-state index < -0.39 is 0 Å². The van der Waals surface area contributed by atoms with Crippen LogP contribution in [0, 0.1) is 0 Å². The van der Waals surface area contributed by atoms with Crippen LogP contribution >= 0.6 is 0 Å². The molecule has 0 spiro atoms. The summed E-state index contributed by atoms with van der Waals surface area (Å²) in [7, 11) is 0. The van der Waals surface area contributed by atoms with Crippen LogP contribution in [0.3, 0.4) is 0 Å². The Labute approximate surface area is 144 Å². The molecular formula is C22H25NO. The minimum atomic E-state index is 0.0146. The Morgan fingerprint density at radius 2 is 1.96 bits per heavy atom. The number of nitrogens with one attached hydrogen (secondary N) is 1. The van der Waals surface area contributed by atoms with Gasteiger partial charge >= 0.3 is 0 Å². The first-order chi connectivity index (χ1) is 11.8. The molecule has 0 saturated heterocycles. The van der Waals surface area contributed by atoms with Gasteiger partial charge in [-0.05, 0) is 54.5 Å². The van der Waals surface area contributed by atoms with Crippen molar-refractivity contribution in [3.05, 3.63) is 76.9 Å². The summed E-state index contributed by atoms with van der Waals surface area (Å²) in [6.07, 6.45) is 9.78. The molecule has 1 amide bonds. The van der Waals surface area contributed by atoms with Gasteiger partial charge in [0.1, 0.15) is 0 Å². The van der Waals surface area contributed by atoms with Crippen molar-refractivity contribution >= 4 is 12.0 Å². The van der Waals surface area contributed by atoms with Gasteiger partial charge in [0.05, 0.1) is 6.04 Å². The second-order valence-corrected chi connectivity index (χ2v) is 6.43. The minimum Gasteiger partial charge on any atom is -0.345 e. The number of hydrogen-bond acceptors (Lipinski definition) is 1. The average molecular weight is 319 g/mol. The van der Waals surface area contributed by atoms with E-state index in [0.29, 0.717) is 0 Å². The van der Waals surface area contributed by atoms with E-state index in [1.807, 2.05) is 24.3 Å². The molecule has 0 fully saturated rings. The molecule has 2 aromatic rings. The highest BCUT2D eigenvalue weighted by atomic mass is 16.1. The number of rotatable bonds is 5. The number of carbonyl (C=O) groups excluding carboxylic acids is 1. The van der Waals surface area contributed by atoms with Gasteiger partial charge in [0, 0.05) is 5.56 Å². The van der Waals surface area contributed by atoms with E-state index in [4.69, 9.17) is 0 Å². The summed E-state index contributed by atoms with van der Waals surface area (Å²) in [5.74, 6) is 0.0146. The summed E-state index contributed by atoms with van der Waals surface area (Å²) < 4.78 is 0. The Morgan fingerprint density at radius 3 is 2.75 bits per heavy atom. The summed E-state index contributed by atoms with van der Waals surface area (Å²) in [6.45, 7) is 2.17. The number of carbonyl (C=O) groups is 1. The Morgan fingerprint density at radius 1 is 1.17 bits per heavy atom. The van der Waals surface area contributed by atoms with E-state index >= 15 is 0 Å². The summed E-state index contributed by atoms with van der Waals surface area (Å²) in [5.41, 5.74) is 4.51. The lowest BCUT2D eigenvalue weighted by Gasteiger charge is -2.26. The summed E-state index contributed by atoms with van der Waals surface area (Å²) >= 11 is 0. The highest BCUT2D eigenvalue weighted by Gasteiger charge is 2.21. The van der Waals surface area contributed by atoms with Gasteiger partial charge in [0.25, 0.3) is 5.91 Å². The van der Waals surface area contributed by atoms with Crippen molar-refractivity contribution < 1.29 is 4.79 Å². The van der Waals surface area contributed by atoms with E-state index in [0.717, 1.165) is 43.2 Å². The fourth-order valence-corrected chi connectivity index (χ4v) is 3.28. The van der Waals surface area contributed by atoms with Crippen molar-refractivity contribution in [2.75, 3.05) is 0 Å². The van der Waals surface area contributed by atoms with Crippen molar-refractivity contribution in [3.63, 3.8) is 0 Å². The van der Waals surface area contributed by atoms with Crippen molar-refractivity contribution in [2.24, 2.45) is 0 Å². The number of hydrogen-bond donors (Lipinski definition) is 1. The largest absolute Gasteiger partial charge is 0.345 e. The van der Waals surface area contributed by atoms with Crippen molar-refractivity contribution in [1.29, 1.82) is 0 Å². The van der Waals surface area contributed by atoms with Crippen LogP contribution in [0.2, 0.25) is 0 Å². The van der Waals surface area contributed by atoms with Crippen LogP contribution in [0.5, 0.6) is 0 Å². The maximum atomic E-state index is 12.6. The van der Waals surface area contributed by atoms with Gasteiger partial charge < -0.3 is 5.32 Å². The summed E-state index contributed by atoms with van der Waals surface area (Å²) in [6, 6.07) is 16.4. The van der Waals surface area contributed by atoms with Gasteiger partial charge in [-0.25, -0.2) is 0 Å². The number of aryl methyl sites for hydroxylation is 1. The molecule has 1 unspecified atom stereocenters. The zero-order valence-corrected chi connectivity index (χ0v) is 14.3. The second-order valence-electron chi connectivity index (χ2n) is 6.43. The molecular weight excluding hydrogens is 294 g/mol. The monoisotopic (exact) mass is 319 g/mol. The van der Waals surface area contributed by atoms with Gasteiger partial charge in [-0.1, -0.05) is 61.9 Å². The topological polar surface area (TPSA) is 29.1 Å². The van der Waals surface area contributed by atoms with Gasteiger partial charge in [0.15, 0.2) is 0 Å². The molecule has 0 aliphatic heterocycles. The molecule has 0 heterocycles. The Kier molecular flexibility index (Phi) is 5.47. The lowest BCUT2D eigenvalue weighted by molar-refractivity contribution is 0.0933. The molecule has 0 aromatic heterocycles. The van der Waals surface area contributed by atoms with E-state index in [1.54, 1.807) is 0 Å². The van der Waals surface area contributed by atoms with E-state index in [1.165, 1.54) is 11.1 Å². The first-order valence-electron chi connectivity index (χ1n) is 8.93. The molecule has 2 nitrogen and oxygen atoms in total. The lowest BCUT2D eigenvalue weighted by Crippen LogP contribution is -2.30. The molecule has 0 bridgehead atoms. The molecule has 2 heteroatoms. The summed E-state index contributed by atoms with van der Waals surface area (Å²) in [5, 5.41) is 3.21. The predicted octanol–water partition coefficient (Wildman–Crippen LogP) is 5.31. The van der Waals surface area contributed by atoms with Crippen LogP contribution in [0.4, 0.5) is 0 Å². The third kappa shape index (κ3) is 3.94. The molecule has 1 aliphatic carbocycles. The standard InChI is InChI=1S/C22H25NO/c1-2-3-4-8-17-13-15-19(16-14-17)22(24)23-21-12-7-10-18-9-5-6-11-20(18)21/h4-6,8-9,11,13-16,21H,2-3,7,10,12H2,1H3,(H,23,24)/b8-4+. The molecule has 124 valence electrons. The Hall–Kier alpha value is -2.35. The quantitative estimate of drug-likeness (QED) is 0.795. The molecule has 2 aromatic carbocycles. The first-order valence-corrected chi connectivity index (χ1v) is 8.93. The number of benzene rings is 2. The van der Waals surface area contributed by atoms with Gasteiger partial charge in [0.2, 0.25) is 0 Å². The zero-order valence-electron chi connectivity index (χ0n) is 14.3. The average Bonchev–Trinajstić information content (AvgIpc) is 2.63. The maximum Gasteiger partial charge on any atom is 0.251 e. The van der Waals surface area contributed by atoms with E-state index in [9.17, 15) is 4.79 Å². The molecule has 0 saturated carbocycles. The third-order valence-corrected chi connectivity index (χ3v) is 4.61. The van der Waals surface area contributed by atoms with Gasteiger partial charge in [-0.15, -0.1) is 0 Å². The van der Waals surface area contributed by atoms with Gasteiger partial charge in [-0.3, -0.25) is 4.79 Å². The van der Waals surface area contributed by atoms with Crippen LogP contribution in [-0.2, 0) is 6.42 Å². The SMILES string of the molecule is CCC/C=C/c1ccc(C(=O)NC2CCCc3ccccc32)cc1. The fraction of sp³-hybridized carbons (Fsp3) is 0.318.